The van der Waals surface area contributed by atoms with Gasteiger partial charge in [0, 0.05) is 0 Å². The first-order valence-corrected chi connectivity index (χ1v) is 5.24. The Hall–Kier alpha value is -2.56. The number of rotatable bonds is 8. The SMILES string of the molecule is O=C(O)CNC(=O)OCC(O)COC(=O)NCC(=O)O. The van der Waals surface area contributed by atoms with E-state index in [0.717, 1.165) is 0 Å². The van der Waals surface area contributed by atoms with E-state index in [9.17, 15) is 24.3 Å². The number of carbonyl (C=O) groups excluding carboxylic acids is 2. The molecule has 0 radical (unpaired) electrons. The minimum Gasteiger partial charge on any atom is -0.480 e. The minimum atomic E-state index is -1.33. The maximum atomic E-state index is 10.9. The second kappa shape index (κ2) is 9.38. The average Bonchev–Trinajstić information content (AvgIpc) is 2.37. The van der Waals surface area contributed by atoms with Crippen molar-refractivity contribution in [3.05, 3.63) is 0 Å². The molecule has 0 aliphatic carbocycles. The van der Waals surface area contributed by atoms with E-state index in [0.29, 0.717) is 0 Å². The largest absolute Gasteiger partial charge is 0.480 e. The van der Waals surface area contributed by atoms with Gasteiger partial charge < -0.3 is 35.4 Å². The maximum absolute atomic E-state index is 10.9. The molecule has 0 aliphatic heterocycles. The molecule has 5 N–H and O–H groups in total. The van der Waals surface area contributed by atoms with Gasteiger partial charge in [-0.1, -0.05) is 0 Å². The summed E-state index contributed by atoms with van der Waals surface area (Å²) in [7, 11) is 0. The van der Waals surface area contributed by atoms with Crippen molar-refractivity contribution in [2.75, 3.05) is 26.3 Å². The van der Waals surface area contributed by atoms with Crippen LogP contribution in [0, 0.1) is 0 Å². The molecule has 0 aromatic rings. The number of amides is 2. The zero-order chi connectivity index (χ0) is 15.5. The van der Waals surface area contributed by atoms with Crippen molar-refractivity contribution in [1.82, 2.24) is 10.6 Å². The van der Waals surface area contributed by atoms with Crippen LogP contribution in [0.5, 0.6) is 0 Å². The predicted molar refractivity (Wildman–Crippen MR) is 60.0 cm³/mol. The molecular weight excluding hydrogens is 280 g/mol. The van der Waals surface area contributed by atoms with Crippen LogP contribution < -0.4 is 10.6 Å². The summed E-state index contributed by atoms with van der Waals surface area (Å²) >= 11 is 0. The van der Waals surface area contributed by atoms with Crippen molar-refractivity contribution in [3.63, 3.8) is 0 Å². The third-order valence-electron chi connectivity index (χ3n) is 1.58. The first-order valence-electron chi connectivity index (χ1n) is 5.24. The third kappa shape index (κ3) is 10.6. The van der Waals surface area contributed by atoms with Gasteiger partial charge in [0.15, 0.2) is 0 Å². The summed E-state index contributed by atoms with van der Waals surface area (Å²) in [5.41, 5.74) is 0. The fourth-order valence-corrected chi connectivity index (χ4v) is 0.789. The molecule has 0 aromatic heterocycles. The lowest BCUT2D eigenvalue weighted by Crippen LogP contribution is -2.35. The van der Waals surface area contributed by atoms with E-state index in [2.05, 4.69) is 9.47 Å². The standard InChI is InChI=1S/C9H14N2O9/c12-5(3-19-8(17)10-1-6(13)14)4-20-9(18)11-2-7(15)16/h5,12H,1-4H2,(H,10,17)(H,11,18)(H,13,14)(H,15,16). The molecule has 0 rings (SSSR count). The Morgan fingerprint density at radius 2 is 1.20 bits per heavy atom. The first kappa shape index (κ1) is 17.4. The quantitative estimate of drug-likeness (QED) is 0.338. The van der Waals surface area contributed by atoms with Gasteiger partial charge in [-0.05, 0) is 0 Å². The smallest absolute Gasteiger partial charge is 0.407 e. The molecule has 0 atom stereocenters. The van der Waals surface area contributed by atoms with E-state index < -0.39 is 56.5 Å². The summed E-state index contributed by atoms with van der Waals surface area (Å²) in [5.74, 6) is -2.53. The number of carboxylic acid groups (broad SMARTS) is 2. The number of aliphatic carboxylic acids is 2. The molecule has 0 bridgehead atoms. The van der Waals surface area contributed by atoms with Crippen LogP contribution in [0.25, 0.3) is 0 Å². The molecule has 2 amide bonds. The Kier molecular flexibility index (Phi) is 8.18. The number of alkyl carbamates (subject to hydrolysis) is 2. The van der Waals surface area contributed by atoms with Gasteiger partial charge in [-0.25, -0.2) is 9.59 Å². The molecule has 0 spiro atoms. The van der Waals surface area contributed by atoms with Crippen LogP contribution in [0.15, 0.2) is 0 Å². The van der Waals surface area contributed by atoms with Gasteiger partial charge >= 0.3 is 24.1 Å². The lowest BCUT2D eigenvalue weighted by Gasteiger charge is -2.12. The lowest BCUT2D eigenvalue weighted by molar-refractivity contribution is -0.136. The summed E-state index contributed by atoms with van der Waals surface area (Å²) in [6.45, 7) is -2.33. The highest BCUT2D eigenvalue weighted by Gasteiger charge is 2.12. The fourth-order valence-electron chi connectivity index (χ4n) is 0.789. The van der Waals surface area contributed by atoms with E-state index in [1.807, 2.05) is 10.6 Å². The van der Waals surface area contributed by atoms with Crippen LogP contribution >= 0.6 is 0 Å². The molecular formula is C9H14N2O9. The average molecular weight is 294 g/mol. The Morgan fingerprint density at radius 1 is 0.850 bits per heavy atom. The van der Waals surface area contributed by atoms with Crippen molar-refractivity contribution >= 4 is 24.1 Å². The first-order chi connectivity index (χ1) is 9.31. The topological polar surface area (TPSA) is 171 Å². The number of hydrogen-bond acceptors (Lipinski definition) is 7. The zero-order valence-electron chi connectivity index (χ0n) is 10.2. The van der Waals surface area contributed by atoms with Gasteiger partial charge in [-0.2, -0.15) is 0 Å². The van der Waals surface area contributed by atoms with Crippen LogP contribution in [-0.4, -0.2) is 71.9 Å². The highest BCUT2D eigenvalue weighted by atomic mass is 16.6. The molecule has 20 heavy (non-hydrogen) atoms. The molecule has 0 saturated heterocycles. The van der Waals surface area contributed by atoms with Crippen molar-refractivity contribution in [2.24, 2.45) is 0 Å². The highest BCUT2D eigenvalue weighted by molar-refractivity contribution is 5.77. The van der Waals surface area contributed by atoms with E-state index in [-0.39, 0.29) is 0 Å². The molecule has 0 heterocycles. The maximum Gasteiger partial charge on any atom is 0.407 e. The molecule has 11 nitrogen and oxygen atoms in total. The van der Waals surface area contributed by atoms with Crippen LogP contribution in [-0.2, 0) is 19.1 Å². The Balaban J connectivity index is 3.70. The van der Waals surface area contributed by atoms with E-state index in [1.54, 1.807) is 0 Å². The molecule has 0 saturated carbocycles. The van der Waals surface area contributed by atoms with Crippen LogP contribution in [0.3, 0.4) is 0 Å². The normalized spacial score (nSPS) is 9.70. The van der Waals surface area contributed by atoms with Crippen molar-refractivity contribution in [3.8, 4) is 0 Å². The van der Waals surface area contributed by atoms with Crippen molar-refractivity contribution in [2.45, 2.75) is 6.10 Å². The molecule has 11 heteroatoms. The number of aliphatic hydroxyl groups excluding tert-OH is 1. The number of carbonyl (C=O) groups is 4. The van der Waals surface area contributed by atoms with E-state index >= 15 is 0 Å². The summed E-state index contributed by atoms with van der Waals surface area (Å²) in [6.07, 6.45) is -3.44. The van der Waals surface area contributed by atoms with Crippen molar-refractivity contribution in [1.29, 1.82) is 0 Å². The van der Waals surface area contributed by atoms with Gasteiger partial charge in [0.05, 0.1) is 0 Å². The Labute approximate surface area is 112 Å². The number of ether oxygens (including phenoxy) is 2. The summed E-state index contributed by atoms with van der Waals surface area (Å²) in [6, 6.07) is 0. The number of aliphatic hydroxyl groups is 1. The zero-order valence-corrected chi connectivity index (χ0v) is 10.2. The van der Waals surface area contributed by atoms with Gasteiger partial charge in [0.1, 0.15) is 32.4 Å². The van der Waals surface area contributed by atoms with Gasteiger partial charge in [0.2, 0.25) is 0 Å². The monoisotopic (exact) mass is 294 g/mol. The van der Waals surface area contributed by atoms with Crippen LogP contribution in [0.1, 0.15) is 0 Å². The van der Waals surface area contributed by atoms with E-state index in [4.69, 9.17) is 10.2 Å². The minimum absolute atomic E-state index is 0.530. The predicted octanol–water partition coefficient (Wildman–Crippen LogP) is -2.03. The third-order valence-corrected chi connectivity index (χ3v) is 1.58. The fraction of sp³-hybridized carbons (Fsp3) is 0.556. The summed E-state index contributed by atoms with van der Waals surface area (Å²) in [5, 5.41) is 29.5. The van der Waals surface area contributed by atoms with Crippen LogP contribution in [0.2, 0.25) is 0 Å². The number of hydrogen-bond donors (Lipinski definition) is 5. The number of nitrogens with one attached hydrogen (secondary N) is 2. The summed E-state index contributed by atoms with van der Waals surface area (Å²) in [4.78, 5) is 42.0. The van der Waals surface area contributed by atoms with Gasteiger partial charge in [0.25, 0.3) is 0 Å². The second-order valence-corrected chi connectivity index (χ2v) is 3.35. The Morgan fingerprint density at radius 3 is 1.50 bits per heavy atom. The number of carboxylic acids is 2. The highest BCUT2D eigenvalue weighted by Crippen LogP contribution is 1.89. The van der Waals surface area contributed by atoms with Crippen molar-refractivity contribution < 1.29 is 44.0 Å². The van der Waals surface area contributed by atoms with E-state index in [1.165, 1.54) is 0 Å². The van der Waals surface area contributed by atoms with Gasteiger partial charge in [-0.15, -0.1) is 0 Å². The molecule has 0 fully saturated rings. The molecule has 0 aliphatic rings. The lowest BCUT2D eigenvalue weighted by atomic mass is 10.4. The Bertz CT molecular complexity index is 336. The van der Waals surface area contributed by atoms with Crippen LogP contribution in [0.4, 0.5) is 9.59 Å². The molecule has 0 unspecified atom stereocenters. The molecule has 0 aromatic carbocycles. The second-order valence-electron chi connectivity index (χ2n) is 3.35. The molecule has 114 valence electrons. The van der Waals surface area contributed by atoms with Gasteiger partial charge in [-0.3, -0.25) is 9.59 Å². The summed E-state index contributed by atoms with van der Waals surface area (Å²) < 4.78 is 8.83.